The van der Waals surface area contributed by atoms with Crippen molar-refractivity contribution < 1.29 is 23.8 Å². The van der Waals surface area contributed by atoms with Crippen molar-refractivity contribution >= 4 is 55.6 Å². The number of para-hydroxylation sites is 1. The molecule has 174 valence electrons. The number of carbonyl (C=O) groups excluding carboxylic acids is 2. The molecule has 0 bridgehead atoms. The van der Waals surface area contributed by atoms with Crippen LogP contribution >= 0.6 is 31.9 Å². The quantitative estimate of drug-likeness (QED) is 0.174. The number of fused-ring (bicyclic) bond motifs is 1. The molecule has 1 aliphatic rings. The Bertz CT molecular complexity index is 1280. The van der Waals surface area contributed by atoms with Crippen LogP contribution < -0.4 is 25.0 Å². The van der Waals surface area contributed by atoms with Crippen LogP contribution in [0, 0.1) is 6.92 Å². The first-order valence-corrected chi connectivity index (χ1v) is 11.7. The molecular formula is C24H19Br2N3O5. The SMILES string of the molecule is Cc1ccccc1NCC(=O)NN=Cc1cc(Br)cc(Br)c1OC(=O)c1ccc2c(c1)OCO2. The van der Waals surface area contributed by atoms with Crippen molar-refractivity contribution in [3.8, 4) is 17.2 Å². The summed E-state index contributed by atoms with van der Waals surface area (Å²) in [6.07, 6.45) is 1.41. The van der Waals surface area contributed by atoms with Gasteiger partial charge in [-0.2, -0.15) is 5.10 Å². The number of hydrogen-bond acceptors (Lipinski definition) is 7. The average Bonchev–Trinajstić information content (AvgIpc) is 3.28. The lowest BCUT2D eigenvalue weighted by Crippen LogP contribution is -2.26. The first-order chi connectivity index (χ1) is 16.4. The van der Waals surface area contributed by atoms with Gasteiger partial charge in [-0.25, -0.2) is 10.2 Å². The van der Waals surface area contributed by atoms with Crippen LogP contribution in [-0.4, -0.2) is 31.4 Å². The van der Waals surface area contributed by atoms with Crippen molar-refractivity contribution in [3.63, 3.8) is 0 Å². The number of aryl methyl sites for hydroxylation is 1. The van der Waals surface area contributed by atoms with E-state index in [1.807, 2.05) is 31.2 Å². The zero-order chi connectivity index (χ0) is 24.1. The highest BCUT2D eigenvalue weighted by Gasteiger charge is 2.19. The van der Waals surface area contributed by atoms with E-state index >= 15 is 0 Å². The van der Waals surface area contributed by atoms with Crippen LogP contribution in [0.2, 0.25) is 0 Å². The third kappa shape index (κ3) is 5.75. The van der Waals surface area contributed by atoms with E-state index in [-0.39, 0.29) is 25.0 Å². The van der Waals surface area contributed by atoms with Crippen LogP contribution in [0.25, 0.3) is 0 Å². The normalized spacial score (nSPS) is 12.0. The van der Waals surface area contributed by atoms with Gasteiger partial charge in [0, 0.05) is 15.7 Å². The lowest BCUT2D eigenvalue weighted by molar-refractivity contribution is -0.119. The number of hydrazone groups is 1. The molecule has 1 amide bonds. The Morgan fingerprint density at radius 2 is 1.88 bits per heavy atom. The van der Waals surface area contributed by atoms with Gasteiger partial charge in [-0.05, 0) is 64.8 Å². The Morgan fingerprint density at radius 3 is 2.71 bits per heavy atom. The Hall–Kier alpha value is -3.37. The molecule has 0 aromatic heterocycles. The van der Waals surface area contributed by atoms with Gasteiger partial charge in [0.15, 0.2) is 17.2 Å². The van der Waals surface area contributed by atoms with Crippen molar-refractivity contribution in [3.05, 3.63) is 80.2 Å². The van der Waals surface area contributed by atoms with E-state index in [2.05, 4.69) is 47.7 Å². The largest absolute Gasteiger partial charge is 0.454 e. The lowest BCUT2D eigenvalue weighted by atomic mass is 10.2. The number of carbonyl (C=O) groups is 2. The summed E-state index contributed by atoms with van der Waals surface area (Å²) in [5, 5.41) is 7.08. The second-order valence-electron chi connectivity index (χ2n) is 7.23. The molecule has 8 nitrogen and oxygen atoms in total. The molecule has 0 fully saturated rings. The summed E-state index contributed by atoms with van der Waals surface area (Å²) in [7, 11) is 0. The first-order valence-electron chi connectivity index (χ1n) is 10.1. The molecule has 0 unspecified atom stereocenters. The van der Waals surface area contributed by atoms with Crippen molar-refractivity contribution in [1.82, 2.24) is 5.43 Å². The number of anilines is 1. The monoisotopic (exact) mass is 587 g/mol. The standard InChI is InChI=1S/C24H19Br2N3O5/c1-14-4-2-3-5-19(14)27-12-22(30)29-28-11-16-8-17(25)10-18(26)23(16)34-24(31)15-6-7-20-21(9-15)33-13-32-20/h2-11,27H,12-13H2,1H3,(H,29,30). The molecule has 1 aliphatic heterocycles. The summed E-state index contributed by atoms with van der Waals surface area (Å²) < 4.78 is 17.5. The van der Waals surface area contributed by atoms with Crippen molar-refractivity contribution in [2.45, 2.75) is 6.92 Å². The molecule has 4 rings (SSSR count). The minimum atomic E-state index is -0.581. The highest BCUT2D eigenvalue weighted by atomic mass is 79.9. The van der Waals surface area contributed by atoms with Gasteiger partial charge in [-0.3, -0.25) is 4.79 Å². The minimum Gasteiger partial charge on any atom is -0.454 e. The number of amides is 1. The predicted molar refractivity (Wildman–Crippen MR) is 135 cm³/mol. The third-order valence-electron chi connectivity index (χ3n) is 4.82. The molecule has 0 radical (unpaired) electrons. The number of hydrogen-bond donors (Lipinski definition) is 2. The number of rotatable bonds is 7. The molecule has 3 aromatic carbocycles. The Labute approximate surface area is 212 Å². The maximum Gasteiger partial charge on any atom is 0.343 e. The summed E-state index contributed by atoms with van der Waals surface area (Å²) in [5.74, 6) is 0.395. The zero-order valence-corrected chi connectivity index (χ0v) is 21.1. The molecule has 3 aromatic rings. The van der Waals surface area contributed by atoms with Crippen LogP contribution in [0.5, 0.6) is 17.2 Å². The summed E-state index contributed by atoms with van der Waals surface area (Å²) in [6.45, 7) is 2.12. The maximum atomic E-state index is 12.8. The predicted octanol–water partition coefficient (Wildman–Crippen LogP) is 5.03. The summed E-state index contributed by atoms with van der Waals surface area (Å²) in [6, 6.07) is 15.9. The van der Waals surface area contributed by atoms with Gasteiger partial charge in [0.1, 0.15) is 0 Å². The van der Waals surface area contributed by atoms with Gasteiger partial charge >= 0.3 is 5.97 Å². The van der Waals surface area contributed by atoms with E-state index in [1.165, 1.54) is 6.21 Å². The Kier molecular flexibility index (Phi) is 7.49. The molecule has 2 N–H and O–H groups in total. The van der Waals surface area contributed by atoms with Crippen molar-refractivity contribution in [1.29, 1.82) is 0 Å². The molecule has 0 saturated carbocycles. The zero-order valence-electron chi connectivity index (χ0n) is 17.9. The maximum absolute atomic E-state index is 12.8. The van der Waals surface area contributed by atoms with Gasteiger partial charge in [-0.1, -0.05) is 34.1 Å². The lowest BCUT2D eigenvalue weighted by Gasteiger charge is -2.11. The topological polar surface area (TPSA) is 98.2 Å². The van der Waals surface area contributed by atoms with E-state index in [0.29, 0.717) is 27.1 Å². The van der Waals surface area contributed by atoms with Crippen LogP contribution in [0.1, 0.15) is 21.5 Å². The fourth-order valence-corrected chi connectivity index (χ4v) is 4.46. The van der Waals surface area contributed by atoms with E-state index in [0.717, 1.165) is 15.7 Å². The fraction of sp³-hybridized carbons (Fsp3) is 0.125. The molecule has 0 spiro atoms. The smallest absolute Gasteiger partial charge is 0.343 e. The number of ether oxygens (including phenoxy) is 3. The van der Waals surface area contributed by atoms with Crippen molar-refractivity contribution in [2.24, 2.45) is 5.10 Å². The average molecular weight is 589 g/mol. The minimum absolute atomic E-state index is 0.0519. The van der Waals surface area contributed by atoms with Crippen LogP contribution in [0.15, 0.2) is 68.6 Å². The first kappa shape index (κ1) is 23.8. The number of halogens is 2. The van der Waals surface area contributed by atoms with Gasteiger partial charge in [0.25, 0.3) is 5.91 Å². The highest BCUT2D eigenvalue weighted by Crippen LogP contribution is 2.35. The summed E-state index contributed by atoms with van der Waals surface area (Å²) in [4.78, 5) is 24.9. The number of nitrogens with one attached hydrogen (secondary N) is 2. The van der Waals surface area contributed by atoms with Gasteiger partial charge < -0.3 is 19.5 Å². The van der Waals surface area contributed by atoms with Crippen LogP contribution in [-0.2, 0) is 4.79 Å². The molecule has 34 heavy (non-hydrogen) atoms. The van der Waals surface area contributed by atoms with E-state index in [4.69, 9.17) is 14.2 Å². The molecule has 0 saturated heterocycles. The van der Waals surface area contributed by atoms with Gasteiger partial charge in [-0.15, -0.1) is 0 Å². The van der Waals surface area contributed by atoms with Crippen LogP contribution in [0.3, 0.4) is 0 Å². The number of benzene rings is 3. The second kappa shape index (κ2) is 10.7. The fourth-order valence-electron chi connectivity index (χ4n) is 3.12. The third-order valence-corrected chi connectivity index (χ3v) is 5.86. The van der Waals surface area contributed by atoms with E-state index in [1.54, 1.807) is 30.3 Å². The molecule has 1 heterocycles. The Balaban J connectivity index is 1.43. The second-order valence-corrected chi connectivity index (χ2v) is 9.00. The summed E-state index contributed by atoms with van der Waals surface area (Å²) in [5.41, 5.74) is 5.15. The summed E-state index contributed by atoms with van der Waals surface area (Å²) >= 11 is 6.83. The van der Waals surface area contributed by atoms with Gasteiger partial charge in [0.2, 0.25) is 6.79 Å². The van der Waals surface area contributed by atoms with Crippen LogP contribution in [0.4, 0.5) is 5.69 Å². The highest BCUT2D eigenvalue weighted by molar-refractivity contribution is 9.11. The van der Waals surface area contributed by atoms with E-state index in [9.17, 15) is 9.59 Å². The number of esters is 1. The van der Waals surface area contributed by atoms with Gasteiger partial charge in [0.05, 0.1) is 22.8 Å². The number of nitrogens with zero attached hydrogens (tertiary/aromatic N) is 1. The molecule has 0 aliphatic carbocycles. The molecule has 10 heteroatoms. The van der Waals surface area contributed by atoms with Crippen molar-refractivity contribution in [2.75, 3.05) is 18.7 Å². The molecule has 0 atom stereocenters. The Morgan fingerprint density at radius 1 is 1.09 bits per heavy atom. The molecular weight excluding hydrogens is 570 g/mol. The van der Waals surface area contributed by atoms with E-state index < -0.39 is 5.97 Å².